The first-order chi connectivity index (χ1) is 6.56. The van der Waals surface area contributed by atoms with Crippen molar-refractivity contribution in [2.45, 2.75) is 31.4 Å². The fourth-order valence-corrected chi connectivity index (χ4v) is 1.70. The molecule has 1 heterocycles. The van der Waals surface area contributed by atoms with Gasteiger partial charge in [0.05, 0.1) is 6.10 Å². The third-order valence-corrected chi connectivity index (χ3v) is 2.46. The third-order valence-electron chi connectivity index (χ3n) is 2.27. The normalized spacial score (nSPS) is 29.3. The van der Waals surface area contributed by atoms with E-state index in [-0.39, 0.29) is 12.0 Å². The zero-order valence-corrected chi connectivity index (χ0v) is 9.20. The van der Waals surface area contributed by atoms with Crippen molar-refractivity contribution in [2.75, 3.05) is 19.7 Å². The SMILES string of the molecule is CCO[C@@H]1CN(C(=O)[C@@H](C)Cl)C[C@H]1O. The van der Waals surface area contributed by atoms with E-state index in [1.165, 1.54) is 0 Å². The van der Waals surface area contributed by atoms with Gasteiger partial charge in [-0.15, -0.1) is 11.6 Å². The molecule has 0 spiro atoms. The van der Waals surface area contributed by atoms with E-state index in [1.807, 2.05) is 6.92 Å². The minimum Gasteiger partial charge on any atom is -0.388 e. The zero-order valence-electron chi connectivity index (χ0n) is 8.44. The highest BCUT2D eigenvalue weighted by molar-refractivity contribution is 6.30. The molecule has 5 heteroatoms. The summed E-state index contributed by atoms with van der Waals surface area (Å²) in [5, 5.41) is 9.02. The van der Waals surface area contributed by atoms with Gasteiger partial charge in [-0.05, 0) is 13.8 Å². The van der Waals surface area contributed by atoms with Crippen LogP contribution in [0.2, 0.25) is 0 Å². The van der Waals surface area contributed by atoms with Crippen LogP contribution in [0.1, 0.15) is 13.8 Å². The molecule has 82 valence electrons. The molecule has 0 unspecified atom stereocenters. The predicted octanol–water partition coefficient (Wildman–Crippen LogP) is 0.222. The van der Waals surface area contributed by atoms with Gasteiger partial charge in [-0.25, -0.2) is 0 Å². The number of ether oxygens (including phenoxy) is 1. The standard InChI is InChI=1S/C9H16ClNO3/c1-3-14-8-5-11(4-7(8)12)9(13)6(2)10/h6-8,12H,3-5H2,1-2H3/t6-,7-,8-/m1/s1. The number of aliphatic hydroxyl groups is 1. The van der Waals surface area contributed by atoms with Crippen molar-refractivity contribution in [3.8, 4) is 0 Å². The summed E-state index contributed by atoms with van der Waals surface area (Å²) in [6.45, 7) is 4.79. The molecule has 1 fully saturated rings. The molecule has 3 atom stereocenters. The lowest BCUT2D eigenvalue weighted by molar-refractivity contribution is -0.130. The molecule has 1 N–H and O–H groups in total. The minimum atomic E-state index is -0.589. The molecule has 1 amide bonds. The summed E-state index contributed by atoms with van der Waals surface area (Å²) < 4.78 is 5.29. The van der Waals surface area contributed by atoms with Crippen LogP contribution in [0.15, 0.2) is 0 Å². The Morgan fingerprint density at radius 3 is 2.86 bits per heavy atom. The van der Waals surface area contributed by atoms with E-state index in [1.54, 1.807) is 11.8 Å². The first-order valence-corrected chi connectivity index (χ1v) is 5.22. The van der Waals surface area contributed by atoms with Crippen LogP contribution in [-0.2, 0) is 9.53 Å². The summed E-state index contributed by atoms with van der Waals surface area (Å²) in [7, 11) is 0. The second-order valence-electron chi connectivity index (χ2n) is 3.42. The van der Waals surface area contributed by atoms with Crippen LogP contribution in [0.4, 0.5) is 0 Å². The number of halogens is 1. The highest BCUT2D eigenvalue weighted by atomic mass is 35.5. The fraction of sp³-hybridized carbons (Fsp3) is 0.889. The van der Waals surface area contributed by atoms with Gasteiger partial charge in [0.15, 0.2) is 0 Å². The molecule has 0 radical (unpaired) electrons. The van der Waals surface area contributed by atoms with Gasteiger partial charge < -0.3 is 14.7 Å². The van der Waals surface area contributed by atoms with Crippen LogP contribution in [0.25, 0.3) is 0 Å². The Morgan fingerprint density at radius 1 is 1.71 bits per heavy atom. The maximum Gasteiger partial charge on any atom is 0.240 e. The summed E-state index contributed by atoms with van der Waals surface area (Å²) in [6.07, 6.45) is -0.853. The number of nitrogens with zero attached hydrogens (tertiary/aromatic N) is 1. The lowest BCUT2D eigenvalue weighted by Crippen LogP contribution is -2.34. The van der Waals surface area contributed by atoms with Crippen molar-refractivity contribution in [1.29, 1.82) is 0 Å². The Balaban J connectivity index is 2.49. The number of carbonyl (C=O) groups excluding carboxylic acids is 1. The van der Waals surface area contributed by atoms with Crippen molar-refractivity contribution >= 4 is 17.5 Å². The number of hydrogen-bond donors (Lipinski definition) is 1. The number of amides is 1. The third kappa shape index (κ3) is 2.59. The Morgan fingerprint density at radius 2 is 2.36 bits per heavy atom. The van der Waals surface area contributed by atoms with E-state index in [0.29, 0.717) is 19.7 Å². The summed E-state index contributed by atoms with van der Waals surface area (Å²) >= 11 is 5.67. The second kappa shape index (κ2) is 4.96. The molecule has 0 aromatic carbocycles. The topological polar surface area (TPSA) is 49.8 Å². The van der Waals surface area contributed by atoms with E-state index < -0.39 is 11.5 Å². The summed E-state index contributed by atoms with van der Waals surface area (Å²) in [4.78, 5) is 13.0. The van der Waals surface area contributed by atoms with Crippen LogP contribution in [0, 0.1) is 0 Å². The van der Waals surface area contributed by atoms with Gasteiger partial charge in [0.1, 0.15) is 11.5 Å². The molecule has 4 nitrogen and oxygen atoms in total. The first kappa shape index (κ1) is 11.8. The monoisotopic (exact) mass is 221 g/mol. The fourth-order valence-electron chi connectivity index (χ4n) is 1.57. The number of hydrogen-bond acceptors (Lipinski definition) is 3. The maximum absolute atomic E-state index is 11.5. The van der Waals surface area contributed by atoms with Crippen molar-refractivity contribution in [3.63, 3.8) is 0 Å². The number of rotatable bonds is 3. The Labute approximate surface area is 88.8 Å². The van der Waals surface area contributed by atoms with Crippen LogP contribution < -0.4 is 0 Å². The smallest absolute Gasteiger partial charge is 0.240 e. The van der Waals surface area contributed by atoms with Gasteiger partial charge in [0, 0.05) is 19.7 Å². The van der Waals surface area contributed by atoms with Gasteiger partial charge in [-0.1, -0.05) is 0 Å². The predicted molar refractivity (Wildman–Crippen MR) is 53.3 cm³/mol. The number of β-amino-alcohol motifs (C(OH)–C–C–N with tert-alkyl or cyclic N) is 1. The maximum atomic E-state index is 11.5. The van der Waals surface area contributed by atoms with E-state index >= 15 is 0 Å². The molecule has 1 saturated heterocycles. The van der Waals surface area contributed by atoms with Crippen LogP contribution in [-0.4, -0.2) is 53.2 Å². The molecule has 0 bridgehead atoms. The van der Waals surface area contributed by atoms with Crippen LogP contribution >= 0.6 is 11.6 Å². The molecule has 1 aliphatic rings. The number of alkyl halides is 1. The Hall–Kier alpha value is -0.320. The lowest BCUT2D eigenvalue weighted by Gasteiger charge is -2.16. The Kier molecular flexibility index (Phi) is 4.16. The molecule has 1 aliphatic heterocycles. The van der Waals surface area contributed by atoms with E-state index in [9.17, 15) is 9.90 Å². The number of likely N-dealkylation sites (tertiary alicyclic amines) is 1. The van der Waals surface area contributed by atoms with Gasteiger partial charge in [0.25, 0.3) is 0 Å². The highest BCUT2D eigenvalue weighted by Crippen LogP contribution is 2.15. The molecule has 0 aromatic heterocycles. The summed E-state index contributed by atoms with van der Waals surface area (Å²) in [6, 6.07) is 0. The molecular weight excluding hydrogens is 206 g/mol. The van der Waals surface area contributed by atoms with E-state index in [4.69, 9.17) is 16.3 Å². The van der Waals surface area contributed by atoms with E-state index in [2.05, 4.69) is 0 Å². The van der Waals surface area contributed by atoms with Crippen LogP contribution in [0.3, 0.4) is 0 Å². The highest BCUT2D eigenvalue weighted by Gasteiger charge is 2.35. The molecule has 1 rings (SSSR count). The molecule has 0 aromatic rings. The quantitative estimate of drug-likeness (QED) is 0.694. The zero-order chi connectivity index (χ0) is 10.7. The average molecular weight is 222 g/mol. The van der Waals surface area contributed by atoms with Gasteiger partial charge >= 0.3 is 0 Å². The average Bonchev–Trinajstić information content (AvgIpc) is 2.47. The molecule has 14 heavy (non-hydrogen) atoms. The largest absolute Gasteiger partial charge is 0.388 e. The summed E-state index contributed by atoms with van der Waals surface area (Å²) in [5.41, 5.74) is 0. The number of carbonyl (C=O) groups is 1. The van der Waals surface area contributed by atoms with Gasteiger partial charge in [0.2, 0.25) is 5.91 Å². The van der Waals surface area contributed by atoms with Crippen molar-refractivity contribution < 1.29 is 14.6 Å². The minimum absolute atomic E-state index is 0.145. The lowest BCUT2D eigenvalue weighted by atomic mass is 10.3. The van der Waals surface area contributed by atoms with Crippen LogP contribution in [0.5, 0.6) is 0 Å². The first-order valence-electron chi connectivity index (χ1n) is 4.78. The second-order valence-corrected chi connectivity index (χ2v) is 4.08. The van der Waals surface area contributed by atoms with Crippen molar-refractivity contribution in [3.05, 3.63) is 0 Å². The summed E-state index contributed by atoms with van der Waals surface area (Å²) in [5.74, 6) is -0.145. The number of aliphatic hydroxyl groups excluding tert-OH is 1. The molecule has 0 saturated carbocycles. The molecular formula is C9H16ClNO3. The molecule has 0 aliphatic carbocycles. The Bertz CT molecular complexity index is 210. The van der Waals surface area contributed by atoms with Crippen molar-refractivity contribution in [1.82, 2.24) is 4.90 Å². The van der Waals surface area contributed by atoms with E-state index in [0.717, 1.165) is 0 Å². The van der Waals surface area contributed by atoms with Crippen molar-refractivity contribution in [2.24, 2.45) is 0 Å². The van der Waals surface area contributed by atoms with Gasteiger partial charge in [-0.2, -0.15) is 0 Å². The van der Waals surface area contributed by atoms with Gasteiger partial charge in [-0.3, -0.25) is 4.79 Å².